The Kier molecular flexibility index (Phi) is 6.63. The first kappa shape index (κ1) is 26.2. The summed E-state index contributed by atoms with van der Waals surface area (Å²) in [4.78, 5) is 31.5. The normalized spacial score (nSPS) is 17.3. The van der Waals surface area contributed by atoms with E-state index in [1.165, 1.54) is 10.9 Å². The molecule has 14 heteroatoms. The maximum Gasteiger partial charge on any atom is 0.263 e. The van der Waals surface area contributed by atoms with Crippen LogP contribution in [0.25, 0.3) is 33.8 Å². The molecule has 0 saturated carbocycles. The molecule has 0 radical (unpaired) electrons. The highest BCUT2D eigenvalue weighted by molar-refractivity contribution is 5.81. The van der Waals surface area contributed by atoms with Crippen LogP contribution in [-0.4, -0.2) is 78.5 Å². The number of rotatable bonds is 6. The number of hydrogen-bond donors (Lipinski definition) is 2. The van der Waals surface area contributed by atoms with Crippen molar-refractivity contribution < 1.29 is 9.13 Å². The summed E-state index contributed by atoms with van der Waals surface area (Å²) in [6, 6.07) is 6.59. The number of pyridine rings is 1. The van der Waals surface area contributed by atoms with Crippen LogP contribution < -0.4 is 21.1 Å². The van der Waals surface area contributed by atoms with Crippen molar-refractivity contribution in [2.24, 2.45) is 14.1 Å². The Morgan fingerprint density at radius 2 is 1.95 bits per heavy atom. The van der Waals surface area contributed by atoms with Crippen LogP contribution in [0.3, 0.4) is 0 Å². The maximum atomic E-state index is 15.0. The van der Waals surface area contributed by atoms with Crippen LogP contribution in [-0.2, 0) is 18.8 Å². The number of nitrogens with one attached hydrogen (secondary N) is 2. The molecular formula is C28H30FN11O2. The van der Waals surface area contributed by atoms with Gasteiger partial charge in [0.05, 0.1) is 30.1 Å². The van der Waals surface area contributed by atoms with Gasteiger partial charge in [-0.3, -0.25) is 9.36 Å². The lowest BCUT2D eigenvalue weighted by Gasteiger charge is -2.29. The number of benzene rings is 1. The molecule has 5 aromatic rings. The van der Waals surface area contributed by atoms with Gasteiger partial charge in [-0.05, 0) is 30.7 Å². The summed E-state index contributed by atoms with van der Waals surface area (Å²) >= 11 is 0. The fourth-order valence-corrected chi connectivity index (χ4v) is 5.58. The summed E-state index contributed by atoms with van der Waals surface area (Å²) in [6.45, 7) is 4.10. The lowest BCUT2D eigenvalue weighted by molar-refractivity contribution is 0.186. The molecule has 2 saturated heterocycles. The molecule has 1 unspecified atom stereocenters. The molecule has 0 amide bonds. The zero-order valence-electron chi connectivity index (χ0n) is 23.3. The Morgan fingerprint density at radius 3 is 2.69 bits per heavy atom. The average Bonchev–Trinajstić information content (AvgIpc) is 3.75. The van der Waals surface area contributed by atoms with Crippen LogP contribution in [0.4, 0.5) is 21.7 Å². The number of piperazine rings is 1. The Hall–Kier alpha value is -4.69. The van der Waals surface area contributed by atoms with Gasteiger partial charge in [-0.25, -0.2) is 14.4 Å². The molecular weight excluding hydrogens is 541 g/mol. The first-order valence-corrected chi connectivity index (χ1v) is 13.9. The number of halogens is 1. The number of hydrogen-bond acceptors (Lipinski definition) is 10. The summed E-state index contributed by atoms with van der Waals surface area (Å²) in [5.41, 5.74) is 2.97. The van der Waals surface area contributed by atoms with Crippen molar-refractivity contribution in [1.29, 1.82) is 0 Å². The fraction of sp³-hybridized carbons (Fsp3) is 0.357. The molecule has 6 heterocycles. The summed E-state index contributed by atoms with van der Waals surface area (Å²) in [7, 11) is 3.58. The number of aromatic nitrogens is 8. The van der Waals surface area contributed by atoms with Gasteiger partial charge in [0.25, 0.3) is 5.56 Å². The second-order valence-electron chi connectivity index (χ2n) is 10.5. The smallest absolute Gasteiger partial charge is 0.263 e. The van der Waals surface area contributed by atoms with Crippen molar-refractivity contribution in [2.45, 2.75) is 12.5 Å². The van der Waals surface area contributed by atoms with Gasteiger partial charge in [0.2, 0.25) is 5.95 Å². The molecule has 4 aromatic heterocycles. The zero-order chi connectivity index (χ0) is 28.8. The van der Waals surface area contributed by atoms with Crippen LogP contribution in [0.5, 0.6) is 0 Å². The molecule has 2 aliphatic heterocycles. The zero-order valence-corrected chi connectivity index (χ0v) is 23.3. The Balaban J connectivity index is 1.26. The minimum Gasteiger partial charge on any atom is -0.379 e. The van der Waals surface area contributed by atoms with E-state index < -0.39 is 0 Å². The van der Waals surface area contributed by atoms with E-state index in [1.54, 1.807) is 40.7 Å². The molecule has 42 heavy (non-hydrogen) atoms. The lowest BCUT2D eigenvalue weighted by atomic mass is 10.1. The predicted octanol–water partition coefficient (Wildman–Crippen LogP) is 2.24. The maximum absolute atomic E-state index is 15.0. The summed E-state index contributed by atoms with van der Waals surface area (Å²) in [5.74, 6) is 0.444. The summed E-state index contributed by atoms with van der Waals surface area (Å²) in [6.07, 6.45) is 5.79. The number of ether oxygens (including phenoxy) is 1. The Bertz CT molecular complexity index is 1830. The van der Waals surface area contributed by atoms with E-state index in [4.69, 9.17) is 14.7 Å². The van der Waals surface area contributed by atoms with E-state index in [0.717, 1.165) is 26.2 Å². The second kappa shape index (κ2) is 10.6. The van der Waals surface area contributed by atoms with E-state index in [1.807, 2.05) is 24.2 Å². The SMILES string of the molecule is Cn1ncc(-c2cn(C)c(-c3cc4cnc(Nc5ccc(N6CCNCC6)c(F)c5)nc4n(C4CCOC4)c3=O)n2)n1. The third-order valence-electron chi connectivity index (χ3n) is 7.68. The molecule has 13 nitrogen and oxygen atoms in total. The van der Waals surface area contributed by atoms with Gasteiger partial charge in [0.1, 0.15) is 28.7 Å². The van der Waals surface area contributed by atoms with Crippen molar-refractivity contribution in [1.82, 2.24) is 44.4 Å². The first-order chi connectivity index (χ1) is 20.4. The van der Waals surface area contributed by atoms with Crippen molar-refractivity contribution >= 4 is 28.4 Å². The quantitative estimate of drug-likeness (QED) is 0.313. The first-order valence-electron chi connectivity index (χ1n) is 13.9. The molecule has 0 aliphatic carbocycles. The van der Waals surface area contributed by atoms with Gasteiger partial charge in [-0.1, -0.05) is 0 Å². The molecule has 0 bridgehead atoms. The molecule has 2 fully saturated rings. The number of fused-ring (bicyclic) bond motifs is 1. The van der Waals surface area contributed by atoms with Gasteiger partial charge in [-0.15, -0.1) is 0 Å². The van der Waals surface area contributed by atoms with Crippen LogP contribution >= 0.6 is 0 Å². The van der Waals surface area contributed by atoms with Crippen LogP contribution in [0.2, 0.25) is 0 Å². The molecule has 0 spiro atoms. The Morgan fingerprint density at radius 1 is 1.10 bits per heavy atom. The lowest BCUT2D eigenvalue weighted by Crippen LogP contribution is -2.43. The predicted molar refractivity (Wildman–Crippen MR) is 155 cm³/mol. The van der Waals surface area contributed by atoms with Gasteiger partial charge in [0.15, 0.2) is 0 Å². The van der Waals surface area contributed by atoms with Crippen molar-refractivity contribution in [3.8, 4) is 22.8 Å². The van der Waals surface area contributed by atoms with E-state index >= 15 is 4.39 Å². The summed E-state index contributed by atoms with van der Waals surface area (Å²) in [5, 5.41) is 15.5. The third kappa shape index (κ3) is 4.77. The summed E-state index contributed by atoms with van der Waals surface area (Å²) < 4.78 is 24.2. The fourth-order valence-electron chi connectivity index (χ4n) is 5.58. The van der Waals surface area contributed by atoms with E-state index in [-0.39, 0.29) is 23.4 Å². The molecule has 1 aromatic carbocycles. The second-order valence-corrected chi connectivity index (χ2v) is 10.5. The largest absolute Gasteiger partial charge is 0.379 e. The van der Waals surface area contributed by atoms with E-state index in [9.17, 15) is 4.79 Å². The number of nitrogens with zero attached hydrogens (tertiary/aromatic N) is 9. The standard InChI is InChI=1S/C28H30FN11O2/c1-37-15-23(22-14-32-38(2)36-22)34-26(37)20-11-17-13-31-28(35-25(17)40(27(20)41)19-5-10-42-16-19)33-18-3-4-24(21(29)12-18)39-8-6-30-7-9-39/h3-4,11-15,19,30H,5-10,16H2,1-2H3,(H,31,33,35). The van der Waals surface area contributed by atoms with Crippen LogP contribution in [0, 0.1) is 5.82 Å². The van der Waals surface area contributed by atoms with Gasteiger partial charge >= 0.3 is 0 Å². The van der Waals surface area contributed by atoms with Crippen LogP contribution in [0.1, 0.15) is 12.5 Å². The van der Waals surface area contributed by atoms with Gasteiger partial charge in [-0.2, -0.15) is 20.0 Å². The third-order valence-corrected chi connectivity index (χ3v) is 7.68. The number of imidazole rings is 1. The average molecular weight is 572 g/mol. The Labute approximate surface area is 240 Å². The number of anilines is 3. The minimum atomic E-state index is -0.316. The molecule has 2 aliphatic rings. The van der Waals surface area contributed by atoms with Gasteiger partial charge in [0, 0.05) is 70.3 Å². The number of aryl methyl sites for hydroxylation is 2. The van der Waals surface area contributed by atoms with Crippen molar-refractivity contribution in [2.75, 3.05) is 49.6 Å². The monoisotopic (exact) mass is 571 g/mol. The highest BCUT2D eigenvalue weighted by Crippen LogP contribution is 2.29. The highest BCUT2D eigenvalue weighted by Gasteiger charge is 2.26. The molecule has 2 N–H and O–H groups in total. The van der Waals surface area contributed by atoms with E-state index in [2.05, 4.69) is 25.8 Å². The minimum absolute atomic E-state index is 0.196. The molecule has 1 atom stereocenters. The molecule has 7 rings (SSSR count). The van der Waals surface area contributed by atoms with Crippen molar-refractivity contribution in [3.63, 3.8) is 0 Å². The topological polar surface area (TPSA) is 133 Å². The highest BCUT2D eigenvalue weighted by atomic mass is 19.1. The van der Waals surface area contributed by atoms with Crippen molar-refractivity contribution in [3.05, 3.63) is 59.0 Å². The molecule has 216 valence electrons. The van der Waals surface area contributed by atoms with E-state index in [0.29, 0.717) is 64.8 Å². The van der Waals surface area contributed by atoms with Gasteiger partial charge < -0.3 is 24.8 Å². The van der Waals surface area contributed by atoms with Crippen LogP contribution in [0.15, 0.2) is 47.7 Å².